The van der Waals surface area contributed by atoms with Gasteiger partial charge < -0.3 is 15.1 Å². The second-order valence-corrected chi connectivity index (χ2v) is 7.12. The smallest absolute Gasteiger partial charge is 0.255 e. The summed E-state index contributed by atoms with van der Waals surface area (Å²) < 4.78 is 16.6. The first kappa shape index (κ1) is 18.6. The first-order valence-electron chi connectivity index (χ1n) is 8.19. The summed E-state index contributed by atoms with van der Waals surface area (Å²) in [7, 11) is -1.11. The molecular formula is C20H18N2O4S. The maximum atomic E-state index is 12.5. The van der Waals surface area contributed by atoms with Gasteiger partial charge in [-0.15, -0.1) is 0 Å². The molecule has 6 nitrogen and oxygen atoms in total. The molecule has 0 bridgehead atoms. The van der Waals surface area contributed by atoms with Gasteiger partial charge in [0.2, 0.25) is 0 Å². The second-order valence-electron chi connectivity index (χ2n) is 5.74. The van der Waals surface area contributed by atoms with Gasteiger partial charge in [0.1, 0.15) is 5.76 Å². The first-order valence-corrected chi connectivity index (χ1v) is 9.75. The van der Waals surface area contributed by atoms with Crippen LogP contribution in [0.25, 0.3) is 0 Å². The summed E-state index contributed by atoms with van der Waals surface area (Å²) in [6.07, 6.45) is 3.11. The monoisotopic (exact) mass is 382 g/mol. The molecular weight excluding hydrogens is 364 g/mol. The van der Waals surface area contributed by atoms with Crippen molar-refractivity contribution in [3.05, 3.63) is 83.8 Å². The third-order valence-corrected chi connectivity index (χ3v) is 4.81. The van der Waals surface area contributed by atoms with Crippen LogP contribution >= 0.6 is 0 Å². The van der Waals surface area contributed by atoms with Crippen LogP contribution in [0.15, 0.2) is 76.2 Å². The van der Waals surface area contributed by atoms with Crippen molar-refractivity contribution in [2.75, 3.05) is 11.6 Å². The SMILES string of the molecule is CS(=O)c1ccc(C(=O)Nc2ccccc2C(=O)NCc2ccco2)cc1. The molecule has 0 aliphatic heterocycles. The van der Waals surface area contributed by atoms with Crippen LogP contribution < -0.4 is 10.6 Å². The molecule has 1 aromatic heterocycles. The number of amides is 2. The minimum Gasteiger partial charge on any atom is -0.467 e. The van der Waals surface area contributed by atoms with Crippen molar-refractivity contribution >= 4 is 28.3 Å². The van der Waals surface area contributed by atoms with Gasteiger partial charge in [0.05, 0.1) is 24.1 Å². The van der Waals surface area contributed by atoms with Crippen LogP contribution in [0, 0.1) is 0 Å². The van der Waals surface area contributed by atoms with Gasteiger partial charge >= 0.3 is 0 Å². The van der Waals surface area contributed by atoms with Crippen LogP contribution in [-0.4, -0.2) is 22.3 Å². The maximum Gasteiger partial charge on any atom is 0.255 e. The molecule has 2 N–H and O–H groups in total. The van der Waals surface area contributed by atoms with Crippen molar-refractivity contribution in [1.29, 1.82) is 0 Å². The lowest BCUT2D eigenvalue weighted by atomic mass is 10.1. The van der Waals surface area contributed by atoms with E-state index in [1.807, 2.05) is 0 Å². The summed E-state index contributed by atoms with van der Waals surface area (Å²) in [6.45, 7) is 0.254. The molecule has 0 fully saturated rings. The molecule has 2 aromatic carbocycles. The van der Waals surface area contributed by atoms with Crippen LogP contribution in [0.3, 0.4) is 0 Å². The molecule has 7 heteroatoms. The third kappa shape index (κ3) is 4.71. The van der Waals surface area contributed by atoms with E-state index >= 15 is 0 Å². The number of nitrogens with one attached hydrogen (secondary N) is 2. The Kier molecular flexibility index (Phi) is 5.83. The van der Waals surface area contributed by atoms with E-state index in [2.05, 4.69) is 10.6 Å². The fourth-order valence-corrected chi connectivity index (χ4v) is 2.98. The molecule has 0 aliphatic carbocycles. The molecule has 0 saturated heterocycles. The summed E-state index contributed by atoms with van der Waals surface area (Å²) in [4.78, 5) is 25.6. The molecule has 0 aliphatic rings. The summed E-state index contributed by atoms with van der Waals surface area (Å²) >= 11 is 0. The zero-order valence-electron chi connectivity index (χ0n) is 14.6. The van der Waals surface area contributed by atoms with Gasteiger partial charge in [-0.05, 0) is 48.5 Å². The van der Waals surface area contributed by atoms with Gasteiger partial charge in [-0.3, -0.25) is 13.8 Å². The number of hydrogen-bond donors (Lipinski definition) is 2. The Hall–Kier alpha value is -3.19. The van der Waals surface area contributed by atoms with E-state index in [1.165, 1.54) is 6.26 Å². The molecule has 1 atom stereocenters. The van der Waals surface area contributed by atoms with E-state index < -0.39 is 10.8 Å². The Labute approximate surface area is 159 Å². The molecule has 0 radical (unpaired) electrons. The topological polar surface area (TPSA) is 88.4 Å². The number of anilines is 1. The van der Waals surface area contributed by atoms with Crippen molar-refractivity contribution in [3.8, 4) is 0 Å². The predicted octanol–water partition coefficient (Wildman–Crippen LogP) is 3.20. The Morgan fingerprint density at radius 3 is 2.37 bits per heavy atom. The minimum absolute atomic E-state index is 0.254. The highest BCUT2D eigenvalue weighted by Gasteiger charge is 2.14. The van der Waals surface area contributed by atoms with Crippen LogP contribution in [-0.2, 0) is 17.3 Å². The van der Waals surface area contributed by atoms with Crippen molar-refractivity contribution in [2.45, 2.75) is 11.4 Å². The fourth-order valence-electron chi connectivity index (χ4n) is 2.46. The molecule has 3 rings (SSSR count). The summed E-state index contributed by atoms with van der Waals surface area (Å²) in [5.74, 6) is -0.0352. The number of carbonyl (C=O) groups is 2. The highest BCUT2D eigenvalue weighted by molar-refractivity contribution is 7.84. The van der Waals surface area contributed by atoms with E-state index in [-0.39, 0.29) is 18.4 Å². The lowest BCUT2D eigenvalue weighted by Crippen LogP contribution is -2.24. The van der Waals surface area contributed by atoms with Gasteiger partial charge in [-0.25, -0.2) is 0 Å². The van der Waals surface area contributed by atoms with Crippen molar-refractivity contribution in [1.82, 2.24) is 5.32 Å². The lowest BCUT2D eigenvalue weighted by Gasteiger charge is -2.11. The van der Waals surface area contributed by atoms with Gasteiger partial charge in [-0.1, -0.05) is 12.1 Å². The van der Waals surface area contributed by atoms with E-state index in [0.717, 1.165) is 0 Å². The molecule has 27 heavy (non-hydrogen) atoms. The van der Waals surface area contributed by atoms with E-state index in [4.69, 9.17) is 4.42 Å². The maximum absolute atomic E-state index is 12.5. The molecule has 2 amide bonds. The number of rotatable bonds is 6. The molecule has 0 spiro atoms. The number of para-hydroxylation sites is 1. The van der Waals surface area contributed by atoms with Crippen molar-refractivity contribution in [3.63, 3.8) is 0 Å². The van der Waals surface area contributed by atoms with Crippen LogP contribution in [0.5, 0.6) is 0 Å². The van der Waals surface area contributed by atoms with Crippen LogP contribution in [0.4, 0.5) is 5.69 Å². The Bertz CT molecular complexity index is 966. The van der Waals surface area contributed by atoms with Crippen LogP contribution in [0.2, 0.25) is 0 Å². The molecule has 3 aromatic rings. The molecule has 0 saturated carbocycles. The van der Waals surface area contributed by atoms with Gasteiger partial charge in [-0.2, -0.15) is 0 Å². The van der Waals surface area contributed by atoms with Gasteiger partial charge in [0, 0.05) is 27.5 Å². The third-order valence-electron chi connectivity index (χ3n) is 3.87. The quantitative estimate of drug-likeness (QED) is 0.685. The number of furan rings is 1. The standard InChI is InChI=1S/C20H18N2O4S/c1-27(25)16-10-8-14(9-11-16)19(23)22-18-7-3-2-6-17(18)20(24)21-13-15-5-4-12-26-15/h2-12H,13H2,1H3,(H,21,24)(H,22,23). The largest absolute Gasteiger partial charge is 0.467 e. The lowest BCUT2D eigenvalue weighted by molar-refractivity contribution is 0.0949. The van der Waals surface area contributed by atoms with Crippen LogP contribution in [0.1, 0.15) is 26.5 Å². The average Bonchev–Trinajstić information content (AvgIpc) is 3.20. The highest BCUT2D eigenvalue weighted by Crippen LogP contribution is 2.17. The fraction of sp³-hybridized carbons (Fsp3) is 0.100. The average molecular weight is 382 g/mol. The zero-order valence-corrected chi connectivity index (χ0v) is 15.4. The molecule has 138 valence electrons. The Morgan fingerprint density at radius 1 is 0.963 bits per heavy atom. The second kappa shape index (κ2) is 8.46. The predicted molar refractivity (Wildman–Crippen MR) is 103 cm³/mol. The number of benzene rings is 2. The molecule has 1 unspecified atom stereocenters. The minimum atomic E-state index is -1.11. The Morgan fingerprint density at radius 2 is 1.70 bits per heavy atom. The van der Waals surface area contributed by atoms with E-state index in [1.54, 1.807) is 66.9 Å². The highest BCUT2D eigenvalue weighted by atomic mass is 32.2. The van der Waals surface area contributed by atoms with Gasteiger partial charge in [0.15, 0.2) is 0 Å². The number of hydrogen-bond acceptors (Lipinski definition) is 4. The Balaban J connectivity index is 1.72. The van der Waals surface area contributed by atoms with Gasteiger partial charge in [0.25, 0.3) is 11.8 Å². The van der Waals surface area contributed by atoms with E-state index in [9.17, 15) is 13.8 Å². The normalized spacial score (nSPS) is 11.6. The number of carbonyl (C=O) groups excluding carboxylic acids is 2. The molecule has 1 heterocycles. The first-order chi connectivity index (χ1) is 13.0. The zero-order chi connectivity index (χ0) is 19.2. The van der Waals surface area contributed by atoms with Crippen molar-refractivity contribution in [2.24, 2.45) is 0 Å². The summed E-state index contributed by atoms with van der Waals surface area (Å²) in [5, 5.41) is 5.51. The van der Waals surface area contributed by atoms with E-state index in [0.29, 0.717) is 27.5 Å². The van der Waals surface area contributed by atoms with Crippen molar-refractivity contribution < 1.29 is 18.2 Å². The summed E-state index contributed by atoms with van der Waals surface area (Å²) in [6, 6.07) is 16.8. The summed E-state index contributed by atoms with van der Waals surface area (Å²) in [5.41, 5.74) is 1.17.